The van der Waals surface area contributed by atoms with Crippen LogP contribution in [0.2, 0.25) is 0 Å². The van der Waals surface area contributed by atoms with Crippen molar-refractivity contribution >= 4 is 5.69 Å². The minimum atomic E-state index is -2.28. The van der Waals surface area contributed by atoms with Gasteiger partial charge in [0.25, 0.3) is 0 Å². The van der Waals surface area contributed by atoms with Gasteiger partial charge in [0.05, 0.1) is 11.9 Å². The van der Waals surface area contributed by atoms with E-state index in [1.165, 1.54) is 6.20 Å². The highest BCUT2D eigenvalue weighted by molar-refractivity contribution is 5.30. The molecule has 5 heteroatoms. The zero-order valence-corrected chi connectivity index (χ0v) is 8.37. The lowest BCUT2D eigenvalue weighted by molar-refractivity contribution is 0.0778. The molecule has 0 fully saturated rings. The second-order valence-electron chi connectivity index (χ2n) is 4.23. The molecule has 0 bridgehead atoms. The number of nitrogens with two attached hydrogens (primary N) is 1. The summed E-state index contributed by atoms with van der Waals surface area (Å²) in [4.78, 5) is 0. The Morgan fingerprint density at radius 2 is 2.21 bits per heavy atom. The normalized spacial score (nSPS) is 12.4. The van der Waals surface area contributed by atoms with Gasteiger partial charge in [0.1, 0.15) is 0 Å². The molecule has 2 N–H and O–H groups in total. The number of rotatable bonds is 4. The van der Waals surface area contributed by atoms with E-state index in [2.05, 4.69) is 5.10 Å². The Balaban J connectivity index is 2.58. The van der Waals surface area contributed by atoms with Crippen molar-refractivity contribution in [3.05, 3.63) is 12.4 Å². The van der Waals surface area contributed by atoms with Crippen LogP contribution in [-0.4, -0.2) is 16.2 Å². The van der Waals surface area contributed by atoms with Gasteiger partial charge in [-0.15, -0.1) is 0 Å². The monoisotopic (exact) mass is 203 g/mol. The molecule has 0 saturated heterocycles. The number of anilines is 1. The van der Waals surface area contributed by atoms with E-state index in [1.807, 2.05) is 0 Å². The lowest BCUT2D eigenvalue weighted by atomic mass is 9.89. The average Bonchev–Trinajstić information content (AvgIpc) is 2.30. The van der Waals surface area contributed by atoms with Crippen molar-refractivity contribution in [2.45, 2.75) is 33.2 Å². The number of nitrogens with zero attached hydrogens (tertiary/aromatic N) is 2. The summed E-state index contributed by atoms with van der Waals surface area (Å²) in [5, 5.41) is 3.96. The summed E-state index contributed by atoms with van der Waals surface area (Å²) < 4.78 is 26.0. The second kappa shape index (κ2) is 3.94. The molecule has 0 amide bonds. The van der Waals surface area contributed by atoms with E-state index in [0.717, 1.165) is 0 Å². The van der Waals surface area contributed by atoms with Gasteiger partial charge in [-0.25, -0.2) is 8.78 Å². The highest BCUT2D eigenvalue weighted by atomic mass is 19.3. The van der Waals surface area contributed by atoms with Crippen LogP contribution in [0.4, 0.5) is 14.5 Å². The molecular weight excluding hydrogens is 188 g/mol. The summed E-state index contributed by atoms with van der Waals surface area (Å²) in [6.45, 7) is 4.03. The molecule has 0 unspecified atom stereocenters. The van der Waals surface area contributed by atoms with Crippen molar-refractivity contribution in [3.63, 3.8) is 0 Å². The smallest absolute Gasteiger partial charge is 0.239 e. The Morgan fingerprint density at radius 1 is 1.57 bits per heavy atom. The van der Waals surface area contributed by atoms with Gasteiger partial charge in [0.2, 0.25) is 6.43 Å². The third-order valence-electron chi connectivity index (χ3n) is 1.95. The van der Waals surface area contributed by atoms with Crippen LogP contribution in [-0.2, 0) is 6.54 Å². The van der Waals surface area contributed by atoms with Crippen molar-refractivity contribution < 1.29 is 8.78 Å². The van der Waals surface area contributed by atoms with Gasteiger partial charge in [-0.1, -0.05) is 13.8 Å². The van der Waals surface area contributed by atoms with Crippen LogP contribution < -0.4 is 5.73 Å². The van der Waals surface area contributed by atoms with Gasteiger partial charge in [-0.3, -0.25) is 4.68 Å². The van der Waals surface area contributed by atoms with Crippen LogP contribution in [0.15, 0.2) is 12.4 Å². The first-order valence-electron chi connectivity index (χ1n) is 4.45. The fourth-order valence-electron chi connectivity index (χ4n) is 1.39. The lowest BCUT2D eigenvalue weighted by Crippen LogP contribution is -2.22. The van der Waals surface area contributed by atoms with Crippen molar-refractivity contribution in [1.29, 1.82) is 0 Å². The topological polar surface area (TPSA) is 43.8 Å². The molecule has 1 rings (SSSR count). The molecule has 80 valence electrons. The second-order valence-corrected chi connectivity index (χ2v) is 4.23. The summed E-state index contributed by atoms with van der Waals surface area (Å²) in [5.74, 6) is 0. The molecule has 0 saturated carbocycles. The molecule has 0 radical (unpaired) electrons. The highest BCUT2D eigenvalue weighted by Crippen LogP contribution is 2.26. The number of hydrogen-bond acceptors (Lipinski definition) is 2. The molecule has 1 aromatic rings. The number of hydrogen-bond donors (Lipinski definition) is 1. The van der Waals surface area contributed by atoms with Crippen LogP contribution >= 0.6 is 0 Å². The van der Waals surface area contributed by atoms with E-state index < -0.39 is 11.8 Å². The molecule has 0 aliphatic rings. The highest BCUT2D eigenvalue weighted by Gasteiger charge is 2.23. The molecule has 1 heterocycles. The molecule has 14 heavy (non-hydrogen) atoms. The summed E-state index contributed by atoms with van der Waals surface area (Å²) in [7, 11) is 0. The van der Waals surface area contributed by atoms with E-state index in [1.54, 1.807) is 24.7 Å². The fraction of sp³-hybridized carbons (Fsp3) is 0.667. The summed E-state index contributed by atoms with van der Waals surface area (Å²) in [6, 6.07) is 0. The van der Waals surface area contributed by atoms with Crippen molar-refractivity contribution in [3.8, 4) is 0 Å². The SMILES string of the molecule is CC(C)(CC(F)F)Cn1cc(N)cn1. The predicted octanol–water partition coefficient (Wildman–Crippen LogP) is 2.15. The van der Waals surface area contributed by atoms with Crippen LogP contribution in [0.5, 0.6) is 0 Å². The summed E-state index contributed by atoms with van der Waals surface area (Å²) in [5.41, 5.74) is 5.56. The van der Waals surface area contributed by atoms with Crippen LogP contribution in [0.25, 0.3) is 0 Å². The largest absolute Gasteiger partial charge is 0.396 e. The molecule has 0 atom stereocenters. The molecule has 1 aromatic heterocycles. The maximum absolute atomic E-state index is 12.2. The van der Waals surface area contributed by atoms with E-state index in [-0.39, 0.29) is 6.42 Å². The minimum Gasteiger partial charge on any atom is -0.396 e. The maximum atomic E-state index is 12.2. The number of alkyl halides is 2. The summed E-state index contributed by atoms with van der Waals surface area (Å²) in [6.07, 6.45) is 0.747. The Kier molecular flexibility index (Phi) is 3.08. The fourth-order valence-corrected chi connectivity index (χ4v) is 1.39. The first-order valence-corrected chi connectivity index (χ1v) is 4.45. The van der Waals surface area contributed by atoms with Gasteiger partial charge >= 0.3 is 0 Å². The maximum Gasteiger partial charge on any atom is 0.239 e. The molecule has 0 aromatic carbocycles. The Hall–Kier alpha value is -1.13. The molecule has 0 aliphatic carbocycles. The van der Waals surface area contributed by atoms with Gasteiger partial charge < -0.3 is 5.73 Å². The van der Waals surface area contributed by atoms with E-state index in [0.29, 0.717) is 12.2 Å². The number of aromatic nitrogens is 2. The average molecular weight is 203 g/mol. The minimum absolute atomic E-state index is 0.132. The van der Waals surface area contributed by atoms with Crippen LogP contribution in [0, 0.1) is 5.41 Å². The first-order chi connectivity index (χ1) is 6.39. The standard InChI is InChI=1S/C9H15F2N3/c1-9(2,3-8(10)11)6-14-5-7(12)4-13-14/h4-5,8H,3,6,12H2,1-2H3. The van der Waals surface area contributed by atoms with Crippen molar-refractivity contribution in [2.24, 2.45) is 5.41 Å². The van der Waals surface area contributed by atoms with Gasteiger partial charge in [0, 0.05) is 19.2 Å². The van der Waals surface area contributed by atoms with Gasteiger partial charge in [0.15, 0.2) is 0 Å². The van der Waals surface area contributed by atoms with Crippen LogP contribution in [0.3, 0.4) is 0 Å². The molecule has 0 aliphatic heterocycles. The molecule has 3 nitrogen and oxygen atoms in total. The Morgan fingerprint density at radius 3 is 2.64 bits per heavy atom. The first kappa shape index (κ1) is 10.9. The molecular formula is C9H15F2N3. The molecule has 0 spiro atoms. The lowest BCUT2D eigenvalue weighted by Gasteiger charge is -2.23. The van der Waals surface area contributed by atoms with Crippen LogP contribution in [0.1, 0.15) is 20.3 Å². The number of nitrogen functional groups attached to an aromatic ring is 1. The van der Waals surface area contributed by atoms with Crippen molar-refractivity contribution in [1.82, 2.24) is 9.78 Å². The van der Waals surface area contributed by atoms with E-state index >= 15 is 0 Å². The summed E-state index contributed by atoms with van der Waals surface area (Å²) >= 11 is 0. The Bertz CT molecular complexity index is 294. The van der Waals surface area contributed by atoms with Gasteiger partial charge in [-0.05, 0) is 5.41 Å². The van der Waals surface area contributed by atoms with E-state index in [4.69, 9.17) is 5.73 Å². The third-order valence-corrected chi connectivity index (χ3v) is 1.95. The Labute approximate surface area is 81.9 Å². The van der Waals surface area contributed by atoms with Gasteiger partial charge in [-0.2, -0.15) is 5.10 Å². The quantitative estimate of drug-likeness (QED) is 0.814. The number of halogens is 2. The zero-order chi connectivity index (χ0) is 10.8. The van der Waals surface area contributed by atoms with E-state index in [9.17, 15) is 8.78 Å². The third kappa shape index (κ3) is 3.32. The van der Waals surface area contributed by atoms with Crippen molar-refractivity contribution in [2.75, 3.05) is 5.73 Å². The zero-order valence-electron chi connectivity index (χ0n) is 8.37. The predicted molar refractivity (Wildman–Crippen MR) is 51.0 cm³/mol.